The first-order chi connectivity index (χ1) is 11.0. The van der Waals surface area contributed by atoms with E-state index in [-0.39, 0.29) is 5.69 Å². The van der Waals surface area contributed by atoms with Gasteiger partial charge in [0.05, 0.1) is 5.00 Å². The quantitative estimate of drug-likeness (QED) is 0.322. The number of phenolic OH excluding ortho intramolecular Hbond substituents is 5. The van der Waals surface area contributed by atoms with E-state index >= 15 is 0 Å². The average molecular weight is 331 g/mol. The molecule has 0 bridgehead atoms. The van der Waals surface area contributed by atoms with Gasteiger partial charge in [0.25, 0.3) is 0 Å². The molecule has 1 heterocycles. The zero-order valence-electron chi connectivity index (χ0n) is 11.7. The van der Waals surface area contributed by atoms with E-state index in [4.69, 9.17) is 0 Å². The van der Waals surface area contributed by atoms with Crippen molar-refractivity contribution in [1.29, 1.82) is 0 Å². The molecule has 0 saturated carbocycles. The maximum Gasteiger partial charge on any atom is 0.208 e. The van der Waals surface area contributed by atoms with Crippen molar-refractivity contribution >= 4 is 22.0 Å². The highest BCUT2D eigenvalue weighted by Gasteiger charge is 2.23. The minimum atomic E-state index is -0.985. The summed E-state index contributed by atoms with van der Waals surface area (Å²) in [7, 11) is 0. The summed E-state index contributed by atoms with van der Waals surface area (Å²) in [6, 6.07) is 13.2. The van der Waals surface area contributed by atoms with E-state index in [0.717, 1.165) is 10.4 Å². The Hall–Kier alpha value is -3.06. The first kappa shape index (κ1) is 14.9. The molecule has 6 nitrogen and oxygen atoms in total. The molecule has 0 unspecified atom stereocenters. The molecule has 118 valence electrons. The standard InChI is InChI=1S/C16H13NO5S/c18-12-11(13(19)15(21)16(22)14(12)20)17-10-7-6-9(23-10)8-4-2-1-3-5-8/h1-7,17-22H. The predicted molar refractivity (Wildman–Crippen MR) is 87.8 cm³/mol. The van der Waals surface area contributed by atoms with Crippen LogP contribution in [0, 0.1) is 0 Å². The third kappa shape index (κ3) is 2.58. The summed E-state index contributed by atoms with van der Waals surface area (Å²) in [4.78, 5) is 0.958. The van der Waals surface area contributed by atoms with Crippen LogP contribution in [-0.2, 0) is 0 Å². The van der Waals surface area contributed by atoms with Gasteiger partial charge in [-0.25, -0.2) is 0 Å². The SMILES string of the molecule is Oc1c(O)c(O)c(Nc2ccc(-c3ccccc3)s2)c(O)c1O. The van der Waals surface area contributed by atoms with Gasteiger partial charge in [0.1, 0.15) is 5.69 Å². The fourth-order valence-electron chi connectivity index (χ4n) is 2.09. The zero-order chi connectivity index (χ0) is 16.6. The number of nitrogens with one attached hydrogen (secondary N) is 1. The van der Waals surface area contributed by atoms with Crippen LogP contribution in [0.25, 0.3) is 10.4 Å². The molecule has 0 radical (unpaired) electrons. The highest BCUT2D eigenvalue weighted by atomic mass is 32.1. The normalized spacial score (nSPS) is 10.6. The van der Waals surface area contributed by atoms with Gasteiger partial charge in [-0.1, -0.05) is 30.3 Å². The summed E-state index contributed by atoms with van der Waals surface area (Å²) in [6.45, 7) is 0. The van der Waals surface area contributed by atoms with Crippen LogP contribution in [0.4, 0.5) is 10.7 Å². The van der Waals surface area contributed by atoms with Crippen LogP contribution in [0.3, 0.4) is 0 Å². The van der Waals surface area contributed by atoms with E-state index in [1.165, 1.54) is 11.3 Å². The highest BCUT2D eigenvalue weighted by molar-refractivity contribution is 7.19. The third-order valence-corrected chi connectivity index (χ3v) is 4.33. The van der Waals surface area contributed by atoms with Crippen molar-refractivity contribution in [2.45, 2.75) is 0 Å². The molecule has 7 heteroatoms. The van der Waals surface area contributed by atoms with Crippen molar-refractivity contribution in [3.8, 4) is 39.2 Å². The second kappa shape index (κ2) is 5.62. The van der Waals surface area contributed by atoms with Crippen molar-refractivity contribution in [3.05, 3.63) is 42.5 Å². The topological polar surface area (TPSA) is 113 Å². The molecule has 6 N–H and O–H groups in total. The molecule has 3 rings (SSSR count). The van der Waals surface area contributed by atoms with Crippen LogP contribution in [0.15, 0.2) is 42.5 Å². The van der Waals surface area contributed by atoms with Gasteiger partial charge in [-0.2, -0.15) is 0 Å². The van der Waals surface area contributed by atoms with Gasteiger partial charge < -0.3 is 30.8 Å². The molecule has 0 spiro atoms. The van der Waals surface area contributed by atoms with E-state index in [9.17, 15) is 25.5 Å². The van der Waals surface area contributed by atoms with Gasteiger partial charge in [-0.3, -0.25) is 0 Å². The number of aromatic hydroxyl groups is 5. The Bertz CT molecular complexity index is 831. The van der Waals surface area contributed by atoms with Crippen LogP contribution < -0.4 is 5.32 Å². The van der Waals surface area contributed by atoms with Gasteiger partial charge in [-0.15, -0.1) is 11.3 Å². The van der Waals surface area contributed by atoms with Gasteiger partial charge in [0.15, 0.2) is 11.5 Å². The van der Waals surface area contributed by atoms with Crippen LogP contribution >= 0.6 is 11.3 Å². The molecule has 0 saturated heterocycles. The molecule has 23 heavy (non-hydrogen) atoms. The van der Waals surface area contributed by atoms with Gasteiger partial charge in [-0.05, 0) is 17.7 Å². The lowest BCUT2D eigenvalue weighted by atomic mass is 10.2. The summed E-state index contributed by atoms with van der Waals surface area (Å²) >= 11 is 1.36. The number of rotatable bonds is 3. The van der Waals surface area contributed by atoms with Crippen LogP contribution in [0.2, 0.25) is 0 Å². The van der Waals surface area contributed by atoms with Gasteiger partial charge >= 0.3 is 0 Å². The maximum absolute atomic E-state index is 9.83. The number of phenols is 5. The van der Waals surface area contributed by atoms with Crippen LogP contribution in [-0.4, -0.2) is 25.5 Å². The smallest absolute Gasteiger partial charge is 0.208 e. The summed E-state index contributed by atoms with van der Waals surface area (Å²) < 4.78 is 0. The van der Waals surface area contributed by atoms with Crippen molar-refractivity contribution in [2.75, 3.05) is 5.32 Å². The minimum Gasteiger partial charge on any atom is -0.503 e. The van der Waals surface area contributed by atoms with E-state index in [0.29, 0.717) is 5.00 Å². The third-order valence-electron chi connectivity index (χ3n) is 3.28. The monoisotopic (exact) mass is 331 g/mol. The Labute approximate surface area is 135 Å². The number of hydrogen-bond donors (Lipinski definition) is 6. The molecule has 2 aromatic carbocycles. The van der Waals surface area contributed by atoms with E-state index < -0.39 is 28.7 Å². The van der Waals surface area contributed by atoms with Gasteiger partial charge in [0.2, 0.25) is 17.2 Å². The molecule has 0 atom stereocenters. The Morgan fingerprint density at radius 1 is 0.652 bits per heavy atom. The van der Waals surface area contributed by atoms with E-state index in [2.05, 4.69) is 5.32 Å². The predicted octanol–water partition coefficient (Wildman–Crippen LogP) is 3.69. The Morgan fingerprint density at radius 3 is 1.83 bits per heavy atom. The van der Waals surface area contributed by atoms with Crippen molar-refractivity contribution in [1.82, 2.24) is 0 Å². The summed E-state index contributed by atoms with van der Waals surface area (Å²) in [5.74, 6) is -4.33. The second-order valence-corrected chi connectivity index (χ2v) is 5.86. The highest BCUT2D eigenvalue weighted by Crippen LogP contribution is 2.54. The van der Waals surface area contributed by atoms with Crippen molar-refractivity contribution < 1.29 is 25.5 Å². The lowest BCUT2D eigenvalue weighted by Gasteiger charge is -2.12. The molecule has 0 aliphatic rings. The molecular formula is C16H13NO5S. The average Bonchev–Trinajstić information content (AvgIpc) is 3.05. The largest absolute Gasteiger partial charge is 0.503 e. The first-order valence-corrected chi connectivity index (χ1v) is 7.41. The molecule has 0 fully saturated rings. The lowest BCUT2D eigenvalue weighted by molar-refractivity contribution is 0.330. The summed E-state index contributed by atoms with van der Waals surface area (Å²) in [5, 5.41) is 51.4. The van der Waals surface area contributed by atoms with E-state index in [1.54, 1.807) is 6.07 Å². The van der Waals surface area contributed by atoms with E-state index in [1.807, 2.05) is 36.4 Å². The Morgan fingerprint density at radius 2 is 1.22 bits per heavy atom. The molecule has 3 aromatic rings. The molecule has 0 aliphatic carbocycles. The molecule has 0 amide bonds. The summed E-state index contributed by atoms with van der Waals surface area (Å²) in [6.07, 6.45) is 0. The van der Waals surface area contributed by atoms with Crippen LogP contribution in [0.5, 0.6) is 28.7 Å². The number of hydrogen-bond acceptors (Lipinski definition) is 7. The Balaban J connectivity index is 1.97. The van der Waals surface area contributed by atoms with Crippen molar-refractivity contribution in [3.63, 3.8) is 0 Å². The minimum absolute atomic E-state index is 0.292. The first-order valence-electron chi connectivity index (χ1n) is 6.60. The number of benzene rings is 2. The van der Waals surface area contributed by atoms with Crippen molar-refractivity contribution in [2.24, 2.45) is 0 Å². The fraction of sp³-hybridized carbons (Fsp3) is 0. The van der Waals surface area contributed by atoms with Crippen LogP contribution in [0.1, 0.15) is 0 Å². The summed E-state index contributed by atoms with van der Waals surface area (Å²) in [5.41, 5.74) is 0.717. The second-order valence-electron chi connectivity index (χ2n) is 4.77. The van der Waals surface area contributed by atoms with Gasteiger partial charge in [0, 0.05) is 4.88 Å². The Kier molecular flexibility index (Phi) is 3.63. The number of anilines is 2. The number of thiophene rings is 1. The molecular weight excluding hydrogens is 318 g/mol. The fourth-order valence-corrected chi connectivity index (χ4v) is 3.01. The lowest BCUT2D eigenvalue weighted by Crippen LogP contribution is -1.90. The maximum atomic E-state index is 9.83. The molecule has 1 aromatic heterocycles. The zero-order valence-corrected chi connectivity index (χ0v) is 12.5. The molecule has 0 aliphatic heterocycles.